The van der Waals surface area contributed by atoms with Crippen LogP contribution in [0.15, 0.2) is 72.8 Å². The van der Waals surface area contributed by atoms with Crippen LogP contribution in [-0.4, -0.2) is 17.5 Å². The van der Waals surface area contributed by atoms with E-state index in [4.69, 9.17) is 5.26 Å². The number of nitrogens with one attached hydrogen (secondary N) is 1. The maximum atomic E-state index is 13.1. The quantitative estimate of drug-likeness (QED) is 0.471. The van der Waals surface area contributed by atoms with E-state index in [0.717, 1.165) is 39.9 Å². The average Bonchev–Trinajstić information content (AvgIpc) is 2.85. The van der Waals surface area contributed by atoms with E-state index >= 15 is 0 Å². The summed E-state index contributed by atoms with van der Waals surface area (Å²) in [6, 6.07) is 22.2. The number of nitriles is 1. The van der Waals surface area contributed by atoms with Gasteiger partial charge in [0.1, 0.15) is 0 Å². The van der Waals surface area contributed by atoms with E-state index in [2.05, 4.69) is 11.4 Å². The van der Waals surface area contributed by atoms with Gasteiger partial charge in [-0.3, -0.25) is 0 Å². The second-order valence-electron chi connectivity index (χ2n) is 8.30. The van der Waals surface area contributed by atoms with Gasteiger partial charge in [-0.25, -0.2) is 4.79 Å². The van der Waals surface area contributed by atoms with E-state index in [1.165, 1.54) is 12.1 Å². The predicted octanol–water partition coefficient (Wildman–Crippen LogP) is 6.49. The minimum Gasteiger partial charge on any atom is -0.331 e. The van der Waals surface area contributed by atoms with E-state index in [0.29, 0.717) is 32.4 Å². The SMILES string of the molecule is N#CCC[C@H](NC(=O)N1CCc2c(cccc2-c2ccc(C(F)(F)F)cc2)C1)c1ccccc1. The number of fused-ring (bicyclic) bond motifs is 1. The molecule has 0 radical (unpaired) electrons. The Labute approximate surface area is 196 Å². The zero-order chi connectivity index (χ0) is 24.1. The molecule has 2 amide bonds. The van der Waals surface area contributed by atoms with Crippen LogP contribution in [0.2, 0.25) is 0 Å². The van der Waals surface area contributed by atoms with Gasteiger partial charge in [-0.15, -0.1) is 0 Å². The Bertz CT molecular complexity index is 1180. The van der Waals surface area contributed by atoms with Crippen LogP contribution in [0.25, 0.3) is 11.1 Å². The standard InChI is InChI=1S/C27H24F3N3O/c28-27(29,30)22-13-11-19(12-14-22)23-9-4-8-21-18-33(17-15-24(21)23)26(34)32-25(10-5-16-31)20-6-2-1-3-7-20/h1-4,6-9,11-14,25H,5,10,15,17-18H2,(H,32,34)/t25-/m0/s1. The summed E-state index contributed by atoms with van der Waals surface area (Å²) in [5.74, 6) is 0. The van der Waals surface area contributed by atoms with Crippen molar-refractivity contribution in [2.45, 2.75) is 38.0 Å². The Kier molecular flexibility index (Phi) is 6.87. The van der Waals surface area contributed by atoms with Crippen molar-refractivity contribution in [2.75, 3.05) is 6.54 Å². The Hall–Kier alpha value is -3.79. The zero-order valence-corrected chi connectivity index (χ0v) is 18.5. The van der Waals surface area contributed by atoms with Gasteiger partial charge in [-0.2, -0.15) is 18.4 Å². The highest BCUT2D eigenvalue weighted by molar-refractivity contribution is 5.76. The van der Waals surface area contributed by atoms with E-state index < -0.39 is 11.7 Å². The van der Waals surface area contributed by atoms with Crippen molar-refractivity contribution in [1.29, 1.82) is 5.26 Å². The monoisotopic (exact) mass is 463 g/mol. The lowest BCUT2D eigenvalue weighted by Gasteiger charge is -2.32. The van der Waals surface area contributed by atoms with E-state index in [1.807, 2.05) is 48.5 Å². The van der Waals surface area contributed by atoms with Crippen LogP contribution >= 0.6 is 0 Å². The largest absolute Gasteiger partial charge is 0.416 e. The molecule has 1 aliphatic heterocycles. The van der Waals surface area contributed by atoms with Gasteiger partial charge in [0.2, 0.25) is 0 Å². The molecule has 3 aromatic carbocycles. The summed E-state index contributed by atoms with van der Waals surface area (Å²) in [4.78, 5) is 14.8. The molecule has 1 N–H and O–H groups in total. The molecule has 7 heteroatoms. The fraction of sp³-hybridized carbons (Fsp3) is 0.259. The van der Waals surface area contributed by atoms with Crippen molar-refractivity contribution >= 4 is 6.03 Å². The summed E-state index contributed by atoms with van der Waals surface area (Å²) in [6.45, 7) is 0.908. The van der Waals surface area contributed by atoms with Crippen LogP contribution in [-0.2, 0) is 19.1 Å². The first-order valence-electron chi connectivity index (χ1n) is 11.1. The molecule has 0 fully saturated rings. The number of hydrogen-bond donors (Lipinski definition) is 1. The Morgan fingerprint density at radius 3 is 2.44 bits per heavy atom. The van der Waals surface area contributed by atoms with Gasteiger partial charge in [-0.1, -0.05) is 60.7 Å². The zero-order valence-electron chi connectivity index (χ0n) is 18.5. The Morgan fingerprint density at radius 1 is 1.03 bits per heavy atom. The molecule has 4 rings (SSSR count). The fourth-order valence-corrected chi connectivity index (χ4v) is 4.35. The molecule has 4 nitrogen and oxygen atoms in total. The first-order chi connectivity index (χ1) is 16.4. The number of amides is 2. The van der Waals surface area contributed by atoms with Crippen LogP contribution in [0.1, 0.15) is 41.1 Å². The van der Waals surface area contributed by atoms with Gasteiger partial charge in [0.25, 0.3) is 0 Å². The number of urea groups is 1. The predicted molar refractivity (Wildman–Crippen MR) is 124 cm³/mol. The van der Waals surface area contributed by atoms with Gasteiger partial charge < -0.3 is 10.2 Å². The molecule has 0 spiro atoms. The number of nitrogens with zero attached hydrogens (tertiary/aromatic N) is 2. The number of hydrogen-bond acceptors (Lipinski definition) is 2. The lowest BCUT2D eigenvalue weighted by molar-refractivity contribution is -0.137. The van der Waals surface area contributed by atoms with Crippen molar-refractivity contribution in [1.82, 2.24) is 10.2 Å². The first-order valence-corrected chi connectivity index (χ1v) is 11.1. The molecule has 34 heavy (non-hydrogen) atoms. The summed E-state index contributed by atoms with van der Waals surface area (Å²) >= 11 is 0. The molecule has 1 heterocycles. The molecule has 0 bridgehead atoms. The second kappa shape index (κ2) is 10.0. The molecule has 0 aliphatic carbocycles. The normalized spacial score (nSPS) is 14.1. The maximum Gasteiger partial charge on any atom is 0.416 e. The summed E-state index contributed by atoms with van der Waals surface area (Å²) in [7, 11) is 0. The molecular weight excluding hydrogens is 439 g/mol. The molecule has 0 aromatic heterocycles. The van der Waals surface area contributed by atoms with E-state index in [-0.39, 0.29) is 12.1 Å². The number of benzene rings is 3. The summed E-state index contributed by atoms with van der Waals surface area (Å²) in [6.07, 6.45) is -2.91. The van der Waals surface area contributed by atoms with Crippen molar-refractivity contribution in [3.05, 3.63) is 95.1 Å². The molecule has 3 aromatic rings. The smallest absolute Gasteiger partial charge is 0.331 e. The Morgan fingerprint density at radius 2 is 1.76 bits per heavy atom. The van der Waals surface area contributed by atoms with Crippen LogP contribution in [0, 0.1) is 11.3 Å². The fourth-order valence-electron chi connectivity index (χ4n) is 4.35. The molecule has 0 saturated heterocycles. The summed E-state index contributed by atoms with van der Waals surface area (Å²) < 4.78 is 38.8. The molecule has 1 atom stereocenters. The average molecular weight is 464 g/mol. The number of carbonyl (C=O) groups excluding carboxylic acids is 1. The molecule has 1 aliphatic rings. The minimum absolute atomic E-state index is 0.197. The van der Waals surface area contributed by atoms with Gasteiger partial charge in [0.05, 0.1) is 17.7 Å². The highest BCUT2D eigenvalue weighted by atomic mass is 19.4. The van der Waals surface area contributed by atoms with Gasteiger partial charge in [-0.05, 0) is 52.8 Å². The number of alkyl halides is 3. The van der Waals surface area contributed by atoms with Crippen LogP contribution in [0.5, 0.6) is 0 Å². The number of halogens is 3. The van der Waals surface area contributed by atoms with Crippen molar-refractivity contribution in [3.8, 4) is 17.2 Å². The molecule has 174 valence electrons. The molecule has 0 saturated carbocycles. The van der Waals surface area contributed by atoms with Crippen molar-refractivity contribution in [2.24, 2.45) is 0 Å². The van der Waals surface area contributed by atoms with Crippen molar-refractivity contribution in [3.63, 3.8) is 0 Å². The third kappa shape index (κ3) is 5.23. The van der Waals surface area contributed by atoms with E-state index in [9.17, 15) is 18.0 Å². The van der Waals surface area contributed by atoms with Crippen LogP contribution in [0.4, 0.5) is 18.0 Å². The van der Waals surface area contributed by atoms with Crippen molar-refractivity contribution < 1.29 is 18.0 Å². The maximum absolute atomic E-state index is 13.1. The minimum atomic E-state index is -4.37. The van der Waals surface area contributed by atoms with Gasteiger partial charge in [0, 0.05) is 19.5 Å². The summed E-state index contributed by atoms with van der Waals surface area (Å²) in [5.41, 5.74) is 3.93. The lowest BCUT2D eigenvalue weighted by Crippen LogP contribution is -2.44. The molecule has 0 unspecified atom stereocenters. The highest BCUT2D eigenvalue weighted by Gasteiger charge is 2.30. The summed E-state index contributed by atoms with van der Waals surface area (Å²) in [5, 5.41) is 12.1. The molecular formula is C27H24F3N3O. The Balaban J connectivity index is 1.50. The first kappa shape index (κ1) is 23.4. The highest BCUT2D eigenvalue weighted by Crippen LogP contribution is 2.34. The topological polar surface area (TPSA) is 56.1 Å². The third-order valence-corrected chi connectivity index (χ3v) is 6.12. The van der Waals surface area contributed by atoms with Gasteiger partial charge in [0.15, 0.2) is 0 Å². The number of carbonyl (C=O) groups is 1. The van der Waals surface area contributed by atoms with E-state index in [1.54, 1.807) is 4.90 Å². The van der Waals surface area contributed by atoms with Crippen LogP contribution in [0.3, 0.4) is 0 Å². The van der Waals surface area contributed by atoms with Crippen LogP contribution < -0.4 is 5.32 Å². The third-order valence-electron chi connectivity index (χ3n) is 6.12. The number of rotatable bonds is 5. The lowest BCUT2D eigenvalue weighted by atomic mass is 9.90. The van der Waals surface area contributed by atoms with Gasteiger partial charge >= 0.3 is 12.2 Å². The second-order valence-corrected chi connectivity index (χ2v) is 8.30.